The molecule has 0 fully saturated rings. The Labute approximate surface area is 153 Å². The first-order valence-electron chi connectivity index (χ1n) is 6.48. The highest BCUT2D eigenvalue weighted by Gasteiger charge is 2.29. The lowest BCUT2D eigenvalue weighted by molar-refractivity contribution is -0.139. The van der Waals surface area contributed by atoms with E-state index in [-0.39, 0.29) is 12.2 Å². The van der Waals surface area contributed by atoms with Crippen molar-refractivity contribution in [3.05, 3.63) is 0 Å². The molecule has 0 aromatic heterocycles. The summed E-state index contributed by atoms with van der Waals surface area (Å²) in [6.07, 6.45) is -0.771. The molecule has 15 heteroatoms. The fraction of sp³-hybridized carbons (Fsp3) is 0.600. The number of halogens is 1. The van der Waals surface area contributed by atoms with Gasteiger partial charge in [-0.25, -0.2) is 9.21 Å². The van der Waals surface area contributed by atoms with Crippen LogP contribution in [0.2, 0.25) is 0 Å². The van der Waals surface area contributed by atoms with Gasteiger partial charge >= 0.3 is 22.2 Å². The summed E-state index contributed by atoms with van der Waals surface area (Å²) in [7, 11) is -4.53. The van der Waals surface area contributed by atoms with E-state index < -0.39 is 59.1 Å². The number of rotatable bonds is 10. The zero-order valence-corrected chi connectivity index (χ0v) is 15.1. The monoisotopic (exact) mass is 420 g/mol. The van der Waals surface area contributed by atoms with E-state index >= 15 is 0 Å². The summed E-state index contributed by atoms with van der Waals surface area (Å²) in [5.41, 5.74) is 5.35. The van der Waals surface area contributed by atoms with E-state index in [0.717, 1.165) is 0 Å². The van der Waals surface area contributed by atoms with E-state index in [9.17, 15) is 27.6 Å². The van der Waals surface area contributed by atoms with Gasteiger partial charge in [-0.3, -0.25) is 14.4 Å². The van der Waals surface area contributed by atoms with E-state index in [0.29, 0.717) is 4.42 Å². The SMILES string of the molecule is NC(CCC(=O)N(Cl)C(CS)C(=O)NCC(=O)O)C(=O)OS(N)(=O)=O. The summed E-state index contributed by atoms with van der Waals surface area (Å²) in [4.78, 5) is 45.4. The minimum Gasteiger partial charge on any atom is -0.480 e. The Morgan fingerprint density at radius 3 is 2.32 bits per heavy atom. The molecule has 0 bridgehead atoms. The van der Waals surface area contributed by atoms with Crippen LogP contribution in [0.1, 0.15) is 12.8 Å². The summed E-state index contributed by atoms with van der Waals surface area (Å²) in [5.74, 6) is -4.54. The molecule has 0 saturated carbocycles. The molecule has 0 aliphatic heterocycles. The second-order valence-corrected chi connectivity index (χ2v) is 6.44. The van der Waals surface area contributed by atoms with Gasteiger partial charge in [0.25, 0.3) is 0 Å². The molecule has 0 radical (unpaired) electrons. The van der Waals surface area contributed by atoms with Crippen molar-refractivity contribution in [3.8, 4) is 0 Å². The van der Waals surface area contributed by atoms with Crippen LogP contribution in [-0.4, -0.2) is 66.1 Å². The van der Waals surface area contributed by atoms with Crippen molar-refractivity contribution in [2.24, 2.45) is 10.9 Å². The minimum atomic E-state index is -4.53. The van der Waals surface area contributed by atoms with E-state index in [1.165, 1.54) is 0 Å². The zero-order chi connectivity index (χ0) is 19.8. The Balaban J connectivity index is 4.63. The molecule has 12 nitrogen and oxygen atoms in total. The van der Waals surface area contributed by atoms with Gasteiger partial charge in [0.05, 0.1) is 0 Å². The third kappa shape index (κ3) is 9.45. The minimum absolute atomic E-state index is 0.208. The van der Waals surface area contributed by atoms with Gasteiger partial charge < -0.3 is 20.3 Å². The number of amides is 2. The Morgan fingerprint density at radius 1 is 1.32 bits per heavy atom. The average Bonchev–Trinajstić information content (AvgIpc) is 2.48. The van der Waals surface area contributed by atoms with Crippen LogP contribution in [0.3, 0.4) is 0 Å². The van der Waals surface area contributed by atoms with Gasteiger partial charge in [0.15, 0.2) is 0 Å². The van der Waals surface area contributed by atoms with Crippen LogP contribution in [0.25, 0.3) is 0 Å². The van der Waals surface area contributed by atoms with Crippen molar-refractivity contribution in [3.63, 3.8) is 0 Å². The van der Waals surface area contributed by atoms with Crippen molar-refractivity contribution >= 4 is 58.5 Å². The summed E-state index contributed by atoms with van der Waals surface area (Å²) < 4.78 is 25.5. The largest absolute Gasteiger partial charge is 0.480 e. The van der Waals surface area contributed by atoms with E-state index in [2.05, 4.69) is 22.0 Å². The normalized spacial score (nSPS) is 13.4. The van der Waals surface area contributed by atoms with Crippen LogP contribution in [0.15, 0.2) is 0 Å². The maximum absolute atomic E-state index is 11.9. The van der Waals surface area contributed by atoms with Gasteiger partial charge in [0.1, 0.15) is 18.6 Å². The molecule has 2 unspecified atom stereocenters. The Morgan fingerprint density at radius 2 is 1.88 bits per heavy atom. The summed E-state index contributed by atoms with van der Waals surface area (Å²) >= 11 is 9.59. The molecule has 0 heterocycles. The van der Waals surface area contributed by atoms with Gasteiger partial charge in [-0.05, 0) is 6.42 Å². The molecule has 6 N–H and O–H groups in total. The highest BCUT2D eigenvalue weighted by Crippen LogP contribution is 2.11. The average molecular weight is 421 g/mol. The van der Waals surface area contributed by atoms with Gasteiger partial charge in [0, 0.05) is 24.0 Å². The Hall–Kier alpha value is -1.61. The number of carboxylic acid groups (broad SMARTS) is 1. The second kappa shape index (κ2) is 10.4. The smallest absolute Gasteiger partial charge is 0.382 e. The molecule has 0 aliphatic rings. The number of carbonyl (C=O) groups is 4. The number of hydrogen-bond acceptors (Lipinski definition) is 9. The van der Waals surface area contributed by atoms with Gasteiger partial charge in [-0.15, -0.1) is 0 Å². The molecule has 0 rings (SSSR count). The molecule has 0 saturated heterocycles. The second-order valence-electron chi connectivity index (χ2n) is 4.56. The van der Waals surface area contributed by atoms with Crippen molar-refractivity contribution in [1.82, 2.24) is 9.74 Å². The zero-order valence-electron chi connectivity index (χ0n) is 12.6. The van der Waals surface area contributed by atoms with Crippen LogP contribution >= 0.6 is 24.4 Å². The highest BCUT2D eigenvalue weighted by molar-refractivity contribution is 7.84. The molecular weight excluding hydrogens is 404 g/mol. The topological polar surface area (TPSA) is 199 Å². The third-order valence-corrected chi connectivity index (χ3v) is 3.74. The number of nitrogens with two attached hydrogens (primary N) is 2. The van der Waals surface area contributed by atoms with Crippen molar-refractivity contribution in [2.45, 2.75) is 24.9 Å². The van der Waals surface area contributed by atoms with E-state index in [4.69, 9.17) is 22.6 Å². The molecule has 0 aromatic rings. The van der Waals surface area contributed by atoms with Crippen molar-refractivity contribution in [1.29, 1.82) is 0 Å². The van der Waals surface area contributed by atoms with Crippen LogP contribution < -0.4 is 16.2 Å². The maximum atomic E-state index is 11.9. The van der Waals surface area contributed by atoms with Crippen molar-refractivity contribution < 1.29 is 36.9 Å². The molecule has 2 atom stereocenters. The fourth-order valence-electron chi connectivity index (χ4n) is 1.39. The summed E-state index contributed by atoms with van der Waals surface area (Å²) in [6.45, 7) is -0.674. The molecule has 0 spiro atoms. The number of carboxylic acids is 1. The Bertz CT molecular complexity index is 628. The van der Waals surface area contributed by atoms with Gasteiger partial charge in [-0.1, -0.05) is 0 Å². The maximum Gasteiger partial charge on any atom is 0.382 e. The standard InChI is InChI=1S/C10H17ClN4O8S2/c11-15(6(4-24)9(19)14-3-8(17)18)7(16)2-1-5(12)10(20)23-25(13,21)22/h5-6,24H,1-4,12H2,(H,14,19)(H,17,18)(H2,13,21,22). The van der Waals surface area contributed by atoms with Gasteiger partial charge in [-0.2, -0.15) is 26.2 Å². The predicted molar refractivity (Wildman–Crippen MR) is 87.4 cm³/mol. The van der Waals surface area contributed by atoms with Crippen LogP contribution in [-0.2, 0) is 33.7 Å². The first-order chi connectivity index (χ1) is 11.4. The fourth-order valence-corrected chi connectivity index (χ4v) is 2.41. The summed E-state index contributed by atoms with van der Waals surface area (Å²) in [5, 5.41) is 15.0. The van der Waals surface area contributed by atoms with Crippen LogP contribution in [0, 0.1) is 0 Å². The number of aliphatic carboxylic acids is 1. The van der Waals surface area contributed by atoms with Crippen LogP contribution in [0.5, 0.6) is 0 Å². The van der Waals surface area contributed by atoms with Crippen LogP contribution in [0.4, 0.5) is 0 Å². The molecule has 2 amide bonds. The molecule has 0 aliphatic carbocycles. The number of thiol groups is 1. The lowest BCUT2D eigenvalue weighted by Crippen LogP contribution is -2.48. The highest BCUT2D eigenvalue weighted by atomic mass is 35.5. The lowest BCUT2D eigenvalue weighted by Gasteiger charge is -2.23. The predicted octanol–water partition coefficient (Wildman–Crippen LogP) is -2.68. The summed E-state index contributed by atoms with van der Waals surface area (Å²) in [6, 6.07) is -2.74. The number of hydrogen-bond donors (Lipinski definition) is 5. The number of carbonyl (C=O) groups excluding carboxylic acids is 3. The third-order valence-electron chi connectivity index (χ3n) is 2.57. The molecule has 25 heavy (non-hydrogen) atoms. The number of nitrogens with zero attached hydrogens (tertiary/aromatic N) is 1. The van der Waals surface area contributed by atoms with Crippen molar-refractivity contribution in [2.75, 3.05) is 12.3 Å². The first-order valence-corrected chi connectivity index (χ1v) is 8.93. The number of nitrogens with one attached hydrogen (secondary N) is 1. The van der Waals surface area contributed by atoms with E-state index in [1.807, 2.05) is 5.32 Å². The first kappa shape index (κ1) is 23.4. The van der Waals surface area contributed by atoms with Gasteiger partial charge in [0.2, 0.25) is 11.8 Å². The molecule has 0 aromatic carbocycles. The molecule has 144 valence electrons. The lowest BCUT2D eigenvalue weighted by atomic mass is 10.1. The molecular formula is C10H17ClN4O8S2. The quantitative estimate of drug-likeness (QED) is 0.184. The van der Waals surface area contributed by atoms with E-state index in [1.54, 1.807) is 0 Å². The Kier molecular flexibility index (Phi) is 9.73.